The first kappa shape index (κ1) is 11.0. The van der Waals surface area contributed by atoms with E-state index in [9.17, 15) is 4.79 Å². The van der Waals surface area contributed by atoms with E-state index in [1.807, 2.05) is 26.0 Å². The minimum Gasteiger partial charge on any atom is -0.484 e. The third kappa shape index (κ3) is 3.26. The third-order valence-corrected chi connectivity index (χ3v) is 2.51. The molecule has 0 unspecified atom stereocenters. The zero-order valence-electron chi connectivity index (χ0n) is 9.75. The second-order valence-corrected chi connectivity index (χ2v) is 4.45. The molecule has 0 bridgehead atoms. The maximum absolute atomic E-state index is 11.4. The molecular formula is C13H17NO2. The summed E-state index contributed by atoms with van der Waals surface area (Å²) in [6, 6.07) is 6.36. The molecule has 86 valence electrons. The molecule has 1 N–H and O–H groups in total. The van der Waals surface area contributed by atoms with Crippen LogP contribution >= 0.6 is 0 Å². The fourth-order valence-electron chi connectivity index (χ4n) is 1.66. The number of hydrogen-bond acceptors (Lipinski definition) is 2. The Morgan fingerprint density at radius 1 is 1.31 bits per heavy atom. The van der Waals surface area contributed by atoms with Crippen molar-refractivity contribution >= 4 is 5.91 Å². The molecule has 0 radical (unpaired) electrons. The highest BCUT2D eigenvalue weighted by atomic mass is 16.5. The van der Waals surface area contributed by atoms with Gasteiger partial charge >= 0.3 is 0 Å². The van der Waals surface area contributed by atoms with Gasteiger partial charge in [-0.1, -0.05) is 6.07 Å². The summed E-state index contributed by atoms with van der Waals surface area (Å²) in [6.45, 7) is 4.15. The van der Waals surface area contributed by atoms with Crippen LogP contribution in [0.4, 0.5) is 0 Å². The van der Waals surface area contributed by atoms with Crippen LogP contribution in [0.2, 0.25) is 0 Å². The Morgan fingerprint density at radius 2 is 1.94 bits per heavy atom. The van der Waals surface area contributed by atoms with E-state index in [2.05, 4.69) is 11.4 Å². The van der Waals surface area contributed by atoms with Crippen molar-refractivity contribution in [2.75, 3.05) is 6.61 Å². The number of aryl methyl sites for hydroxylation is 2. The summed E-state index contributed by atoms with van der Waals surface area (Å²) in [7, 11) is 0. The second kappa shape index (κ2) is 4.56. The first-order valence-electron chi connectivity index (χ1n) is 5.64. The van der Waals surface area contributed by atoms with Crippen molar-refractivity contribution in [3.63, 3.8) is 0 Å². The Kier molecular flexibility index (Phi) is 3.13. The van der Waals surface area contributed by atoms with Crippen LogP contribution in [-0.4, -0.2) is 18.6 Å². The number of nitrogens with one attached hydrogen (secondary N) is 1. The van der Waals surface area contributed by atoms with Crippen LogP contribution in [0.15, 0.2) is 18.2 Å². The molecule has 1 aliphatic rings. The molecule has 3 heteroatoms. The highest BCUT2D eigenvalue weighted by Crippen LogP contribution is 2.19. The Labute approximate surface area is 95.8 Å². The molecule has 0 heterocycles. The van der Waals surface area contributed by atoms with Crippen LogP contribution in [0.5, 0.6) is 5.75 Å². The van der Waals surface area contributed by atoms with Gasteiger partial charge < -0.3 is 10.1 Å². The maximum Gasteiger partial charge on any atom is 0.258 e. The lowest BCUT2D eigenvalue weighted by Crippen LogP contribution is -2.30. The van der Waals surface area contributed by atoms with Crippen molar-refractivity contribution in [2.45, 2.75) is 32.7 Å². The molecule has 3 nitrogen and oxygen atoms in total. The first-order chi connectivity index (χ1) is 7.63. The highest BCUT2D eigenvalue weighted by molar-refractivity contribution is 5.78. The summed E-state index contributed by atoms with van der Waals surface area (Å²) in [4.78, 5) is 11.4. The van der Waals surface area contributed by atoms with Crippen LogP contribution in [0, 0.1) is 13.8 Å². The molecule has 0 aliphatic heterocycles. The van der Waals surface area contributed by atoms with Gasteiger partial charge in [-0.15, -0.1) is 0 Å². The largest absolute Gasteiger partial charge is 0.484 e. The van der Waals surface area contributed by atoms with Gasteiger partial charge in [0.25, 0.3) is 5.91 Å². The van der Waals surface area contributed by atoms with Gasteiger partial charge in [0.05, 0.1) is 0 Å². The van der Waals surface area contributed by atoms with Gasteiger partial charge in [-0.2, -0.15) is 0 Å². The van der Waals surface area contributed by atoms with E-state index in [4.69, 9.17) is 4.74 Å². The monoisotopic (exact) mass is 219 g/mol. The first-order valence-corrected chi connectivity index (χ1v) is 5.64. The van der Waals surface area contributed by atoms with E-state index < -0.39 is 0 Å². The summed E-state index contributed by atoms with van der Waals surface area (Å²) < 4.78 is 5.45. The smallest absolute Gasteiger partial charge is 0.258 e. The predicted octanol–water partition coefficient (Wildman–Crippen LogP) is 1.96. The lowest BCUT2D eigenvalue weighted by Gasteiger charge is -2.08. The Hall–Kier alpha value is -1.51. The molecule has 2 rings (SSSR count). The van der Waals surface area contributed by atoms with Gasteiger partial charge in [0.1, 0.15) is 5.75 Å². The van der Waals surface area contributed by atoms with E-state index in [0.717, 1.165) is 29.7 Å². The predicted molar refractivity (Wildman–Crippen MR) is 62.6 cm³/mol. The molecular weight excluding hydrogens is 202 g/mol. The minimum absolute atomic E-state index is 0.0262. The van der Waals surface area contributed by atoms with E-state index in [-0.39, 0.29) is 12.5 Å². The number of carbonyl (C=O) groups is 1. The fraction of sp³-hybridized carbons (Fsp3) is 0.462. The van der Waals surface area contributed by atoms with Crippen molar-refractivity contribution in [2.24, 2.45) is 0 Å². The summed E-state index contributed by atoms with van der Waals surface area (Å²) in [6.07, 6.45) is 2.21. The fourth-order valence-corrected chi connectivity index (χ4v) is 1.66. The highest BCUT2D eigenvalue weighted by Gasteiger charge is 2.23. The quantitative estimate of drug-likeness (QED) is 0.840. The number of carbonyl (C=O) groups excluding carboxylic acids is 1. The topological polar surface area (TPSA) is 38.3 Å². The number of hydrogen-bond donors (Lipinski definition) is 1. The molecule has 0 atom stereocenters. The van der Waals surface area contributed by atoms with Crippen LogP contribution < -0.4 is 10.1 Å². The number of benzene rings is 1. The van der Waals surface area contributed by atoms with Crippen molar-refractivity contribution < 1.29 is 9.53 Å². The molecule has 1 amide bonds. The standard InChI is InChI=1S/C13H17NO2/c1-9-5-10(2)7-12(6-9)16-8-13(15)14-11-3-4-11/h5-7,11H,3-4,8H2,1-2H3,(H,14,15). The van der Waals surface area contributed by atoms with Crippen molar-refractivity contribution in [1.29, 1.82) is 0 Å². The van der Waals surface area contributed by atoms with Gasteiger partial charge in [0, 0.05) is 6.04 Å². The van der Waals surface area contributed by atoms with Crippen LogP contribution in [0.1, 0.15) is 24.0 Å². The Bertz CT molecular complexity index is 377. The Balaban J connectivity index is 1.85. The van der Waals surface area contributed by atoms with E-state index in [1.54, 1.807) is 0 Å². The molecule has 1 aliphatic carbocycles. The van der Waals surface area contributed by atoms with Crippen molar-refractivity contribution in [3.8, 4) is 5.75 Å². The van der Waals surface area contributed by atoms with Gasteiger partial charge in [0.2, 0.25) is 0 Å². The summed E-state index contributed by atoms with van der Waals surface area (Å²) >= 11 is 0. The lowest BCUT2D eigenvalue weighted by atomic mass is 10.1. The third-order valence-electron chi connectivity index (χ3n) is 2.51. The molecule has 1 fully saturated rings. The summed E-state index contributed by atoms with van der Waals surface area (Å²) in [5, 5.41) is 2.89. The van der Waals surface area contributed by atoms with Gasteiger partial charge in [-0.05, 0) is 49.9 Å². The second-order valence-electron chi connectivity index (χ2n) is 4.45. The number of rotatable bonds is 4. The zero-order valence-corrected chi connectivity index (χ0v) is 9.75. The number of ether oxygens (including phenoxy) is 1. The van der Waals surface area contributed by atoms with Crippen LogP contribution in [0.25, 0.3) is 0 Å². The SMILES string of the molecule is Cc1cc(C)cc(OCC(=O)NC2CC2)c1. The molecule has 16 heavy (non-hydrogen) atoms. The van der Waals surface area contributed by atoms with Crippen molar-refractivity contribution in [3.05, 3.63) is 29.3 Å². The molecule has 0 aromatic heterocycles. The maximum atomic E-state index is 11.4. The summed E-state index contributed by atoms with van der Waals surface area (Å²) in [5.41, 5.74) is 2.30. The lowest BCUT2D eigenvalue weighted by molar-refractivity contribution is -0.123. The van der Waals surface area contributed by atoms with E-state index >= 15 is 0 Å². The Morgan fingerprint density at radius 3 is 2.50 bits per heavy atom. The van der Waals surface area contributed by atoms with Gasteiger partial charge in [0.15, 0.2) is 6.61 Å². The average molecular weight is 219 g/mol. The molecule has 1 aromatic rings. The molecule has 0 spiro atoms. The normalized spacial score (nSPS) is 14.6. The molecule has 1 aromatic carbocycles. The summed E-state index contributed by atoms with van der Waals surface area (Å²) in [5.74, 6) is 0.741. The molecule has 1 saturated carbocycles. The zero-order chi connectivity index (χ0) is 11.5. The van der Waals surface area contributed by atoms with Gasteiger partial charge in [-0.3, -0.25) is 4.79 Å². The van der Waals surface area contributed by atoms with Crippen LogP contribution in [-0.2, 0) is 4.79 Å². The molecule has 0 saturated heterocycles. The van der Waals surface area contributed by atoms with Gasteiger partial charge in [-0.25, -0.2) is 0 Å². The van der Waals surface area contributed by atoms with Crippen molar-refractivity contribution in [1.82, 2.24) is 5.32 Å². The minimum atomic E-state index is -0.0262. The van der Waals surface area contributed by atoms with E-state index in [0.29, 0.717) is 6.04 Å². The average Bonchev–Trinajstić information content (AvgIpc) is 2.97. The van der Waals surface area contributed by atoms with E-state index in [1.165, 1.54) is 0 Å². The number of amides is 1. The van der Waals surface area contributed by atoms with Crippen LogP contribution in [0.3, 0.4) is 0 Å².